The Hall–Kier alpha value is -1.17. The zero-order valence-corrected chi connectivity index (χ0v) is 10.1. The van der Waals surface area contributed by atoms with E-state index in [-0.39, 0.29) is 12.2 Å². The normalized spacial score (nSPS) is 12.0. The summed E-state index contributed by atoms with van der Waals surface area (Å²) in [6.45, 7) is 0.104. The molecule has 0 spiro atoms. The van der Waals surface area contributed by atoms with Crippen LogP contribution in [0.5, 0.6) is 0 Å². The highest BCUT2D eigenvalue weighted by atomic mass is 79.9. The molecule has 0 fully saturated rings. The maximum atomic E-state index is 13.2. The van der Waals surface area contributed by atoms with E-state index < -0.39 is 22.4 Å². The van der Waals surface area contributed by atoms with Gasteiger partial charge >= 0.3 is 5.97 Å². The first-order valence-electron chi connectivity index (χ1n) is 4.46. The van der Waals surface area contributed by atoms with Gasteiger partial charge in [-0.1, -0.05) is 22.0 Å². The Morgan fingerprint density at radius 2 is 2.25 bits per heavy atom. The molecule has 1 unspecified atom stereocenters. The van der Waals surface area contributed by atoms with Crippen molar-refractivity contribution in [3.8, 4) is 0 Å². The van der Waals surface area contributed by atoms with E-state index in [9.17, 15) is 13.6 Å². The van der Waals surface area contributed by atoms with E-state index in [0.29, 0.717) is 0 Å². The van der Waals surface area contributed by atoms with Gasteiger partial charge in [0, 0.05) is 6.54 Å². The number of alkyl halides is 1. The van der Waals surface area contributed by atoms with E-state index in [1.807, 2.05) is 0 Å². The Balaban J connectivity index is 2.61. The molecular formula is C10H10BrF2NO2. The highest BCUT2D eigenvalue weighted by molar-refractivity contribution is 9.10. The van der Waals surface area contributed by atoms with Crippen molar-refractivity contribution in [2.45, 2.75) is 4.83 Å². The van der Waals surface area contributed by atoms with Crippen molar-refractivity contribution in [3.05, 3.63) is 29.8 Å². The van der Waals surface area contributed by atoms with Gasteiger partial charge in [0.25, 0.3) is 0 Å². The lowest BCUT2D eigenvalue weighted by atomic mass is 10.3. The number of carbonyl (C=O) groups excluding carboxylic acids is 1. The highest BCUT2D eigenvalue weighted by Crippen LogP contribution is 2.17. The molecule has 0 saturated heterocycles. The van der Waals surface area contributed by atoms with E-state index in [2.05, 4.69) is 26.0 Å². The number of benzene rings is 1. The number of rotatable bonds is 4. The number of halogens is 3. The molecule has 3 nitrogen and oxygen atoms in total. The highest BCUT2D eigenvalue weighted by Gasteiger charge is 2.16. The Kier molecular flexibility index (Phi) is 4.67. The summed E-state index contributed by atoms with van der Waals surface area (Å²) in [5.41, 5.74) is 0.00773. The second-order valence-corrected chi connectivity index (χ2v) is 4.08. The number of hydrogen-bond donors (Lipinski definition) is 1. The van der Waals surface area contributed by atoms with Crippen LogP contribution in [-0.2, 0) is 9.53 Å². The van der Waals surface area contributed by atoms with Crippen molar-refractivity contribution in [2.75, 3.05) is 19.0 Å². The minimum Gasteiger partial charge on any atom is -0.468 e. The number of methoxy groups -OCH3 is 1. The molecule has 1 rings (SSSR count). The van der Waals surface area contributed by atoms with Crippen molar-refractivity contribution >= 4 is 27.6 Å². The first kappa shape index (κ1) is 12.9. The molecule has 0 saturated carbocycles. The van der Waals surface area contributed by atoms with Gasteiger partial charge < -0.3 is 10.1 Å². The molecule has 0 aromatic heterocycles. The van der Waals surface area contributed by atoms with Crippen LogP contribution in [0.3, 0.4) is 0 Å². The summed E-state index contributed by atoms with van der Waals surface area (Å²) in [5.74, 6) is -2.38. The Labute approximate surface area is 99.9 Å². The second kappa shape index (κ2) is 5.79. The lowest BCUT2D eigenvalue weighted by Crippen LogP contribution is -2.24. The molecule has 0 bridgehead atoms. The topological polar surface area (TPSA) is 38.3 Å². The monoisotopic (exact) mass is 293 g/mol. The van der Waals surface area contributed by atoms with Crippen LogP contribution < -0.4 is 5.32 Å². The zero-order chi connectivity index (χ0) is 12.1. The van der Waals surface area contributed by atoms with E-state index in [4.69, 9.17) is 0 Å². The van der Waals surface area contributed by atoms with E-state index in [0.717, 1.165) is 6.07 Å². The Morgan fingerprint density at radius 1 is 1.56 bits per heavy atom. The first-order valence-corrected chi connectivity index (χ1v) is 5.37. The molecule has 0 aliphatic heterocycles. The van der Waals surface area contributed by atoms with Crippen molar-refractivity contribution < 1.29 is 18.3 Å². The van der Waals surface area contributed by atoms with Crippen molar-refractivity contribution in [3.63, 3.8) is 0 Å². The fraction of sp³-hybridized carbons (Fsp3) is 0.300. The smallest absolute Gasteiger partial charge is 0.321 e. The molecule has 0 heterocycles. The molecule has 16 heavy (non-hydrogen) atoms. The van der Waals surface area contributed by atoms with Crippen molar-refractivity contribution in [2.24, 2.45) is 0 Å². The number of hydrogen-bond acceptors (Lipinski definition) is 3. The maximum absolute atomic E-state index is 13.2. The molecule has 1 aromatic rings. The van der Waals surface area contributed by atoms with E-state index in [1.165, 1.54) is 19.2 Å². The van der Waals surface area contributed by atoms with Crippen molar-refractivity contribution in [1.29, 1.82) is 0 Å². The molecule has 0 aliphatic rings. The predicted molar refractivity (Wildman–Crippen MR) is 59.6 cm³/mol. The SMILES string of the molecule is COC(=O)C(Br)CNc1cccc(F)c1F. The van der Waals surface area contributed by atoms with Gasteiger partial charge in [-0.25, -0.2) is 8.78 Å². The van der Waals surface area contributed by atoms with Crippen LogP contribution in [0, 0.1) is 11.6 Å². The van der Waals surface area contributed by atoms with Gasteiger partial charge in [0.05, 0.1) is 12.8 Å². The average molecular weight is 294 g/mol. The first-order chi connectivity index (χ1) is 7.56. The number of esters is 1. The third-order valence-electron chi connectivity index (χ3n) is 1.88. The van der Waals surface area contributed by atoms with Gasteiger partial charge in [0.1, 0.15) is 4.83 Å². The number of nitrogens with one attached hydrogen (secondary N) is 1. The number of anilines is 1. The van der Waals surface area contributed by atoms with Crippen LogP contribution in [0.1, 0.15) is 0 Å². The standard InChI is InChI=1S/C10H10BrF2NO2/c1-16-10(15)6(11)5-14-8-4-2-3-7(12)9(8)13/h2-4,6,14H,5H2,1H3. The zero-order valence-electron chi connectivity index (χ0n) is 8.47. The lowest BCUT2D eigenvalue weighted by molar-refractivity contribution is -0.139. The fourth-order valence-electron chi connectivity index (χ4n) is 1.05. The Morgan fingerprint density at radius 3 is 2.88 bits per heavy atom. The average Bonchev–Trinajstić information content (AvgIpc) is 2.29. The summed E-state index contributed by atoms with van der Waals surface area (Å²) in [7, 11) is 1.25. The maximum Gasteiger partial charge on any atom is 0.321 e. The van der Waals surface area contributed by atoms with Gasteiger partial charge in [0.2, 0.25) is 0 Å². The van der Waals surface area contributed by atoms with Crippen LogP contribution in [-0.4, -0.2) is 24.5 Å². The molecule has 88 valence electrons. The van der Waals surface area contributed by atoms with Crippen LogP contribution in [0.15, 0.2) is 18.2 Å². The lowest BCUT2D eigenvalue weighted by Gasteiger charge is -2.11. The van der Waals surface area contributed by atoms with Gasteiger partial charge in [-0.2, -0.15) is 0 Å². The molecule has 0 radical (unpaired) electrons. The van der Waals surface area contributed by atoms with E-state index >= 15 is 0 Å². The summed E-state index contributed by atoms with van der Waals surface area (Å²) < 4.78 is 30.4. The Bertz CT molecular complexity index is 387. The minimum atomic E-state index is -0.966. The predicted octanol–water partition coefficient (Wildman–Crippen LogP) is 2.31. The van der Waals surface area contributed by atoms with Gasteiger partial charge in [-0.15, -0.1) is 0 Å². The number of carbonyl (C=O) groups is 1. The van der Waals surface area contributed by atoms with E-state index in [1.54, 1.807) is 0 Å². The molecule has 1 N–H and O–H groups in total. The fourth-order valence-corrected chi connectivity index (χ4v) is 1.40. The van der Waals surface area contributed by atoms with Crippen LogP contribution in [0.25, 0.3) is 0 Å². The second-order valence-electron chi connectivity index (χ2n) is 2.97. The largest absolute Gasteiger partial charge is 0.468 e. The van der Waals surface area contributed by atoms with Crippen molar-refractivity contribution in [1.82, 2.24) is 0 Å². The molecule has 6 heteroatoms. The summed E-state index contributed by atoms with van der Waals surface area (Å²) in [6.07, 6.45) is 0. The molecule has 0 amide bonds. The summed E-state index contributed by atoms with van der Waals surface area (Å²) in [5, 5.41) is 2.61. The van der Waals surface area contributed by atoms with Gasteiger partial charge in [-0.3, -0.25) is 4.79 Å². The quantitative estimate of drug-likeness (QED) is 0.684. The molecule has 1 aromatic carbocycles. The van der Waals surface area contributed by atoms with Crippen LogP contribution >= 0.6 is 15.9 Å². The summed E-state index contributed by atoms with van der Waals surface area (Å²) >= 11 is 3.05. The summed E-state index contributed by atoms with van der Waals surface area (Å²) in [6, 6.07) is 3.78. The van der Waals surface area contributed by atoms with Crippen LogP contribution in [0.4, 0.5) is 14.5 Å². The minimum absolute atomic E-state index is 0.00773. The van der Waals surface area contributed by atoms with Crippen LogP contribution in [0.2, 0.25) is 0 Å². The molecule has 1 atom stereocenters. The molecular weight excluding hydrogens is 284 g/mol. The number of ether oxygens (including phenoxy) is 1. The third kappa shape index (κ3) is 3.16. The third-order valence-corrected chi connectivity index (χ3v) is 2.58. The summed E-state index contributed by atoms with van der Waals surface area (Å²) in [4.78, 5) is 10.4. The molecule has 0 aliphatic carbocycles. The van der Waals surface area contributed by atoms with Gasteiger partial charge in [-0.05, 0) is 12.1 Å². The van der Waals surface area contributed by atoms with Gasteiger partial charge in [0.15, 0.2) is 11.6 Å².